The van der Waals surface area contributed by atoms with Gasteiger partial charge in [0, 0.05) is 30.9 Å². The van der Waals surface area contributed by atoms with Gasteiger partial charge in [-0.1, -0.05) is 6.42 Å². The SMILES string of the molecule is CCOc1ccc(C(=O)N2CCc3cc(S(=O)(=O)N4CCCCC4)ccc32)cc1C. The number of amides is 1. The zero-order chi connectivity index (χ0) is 21.3. The molecule has 0 radical (unpaired) electrons. The number of sulfonamides is 1. The lowest BCUT2D eigenvalue weighted by Crippen LogP contribution is -2.35. The molecule has 2 aromatic carbocycles. The third-order valence-electron chi connectivity index (χ3n) is 5.87. The Hall–Kier alpha value is -2.38. The normalized spacial score (nSPS) is 17.1. The molecule has 0 N–H and O–H groups in total. The summed E-state index contributed by atoms with van der Waals surface area (Å²) in [6, 6.07) is 10.6. The minimum Gasteiger partial charge on any atom is -0.494 e. The second-order valence-electron chi connectivity index (χ2n) is 7.88. The van der Waals surface area contributed by atoms with Crippen LogP contribution in [-0.4, -0.2) is 44.9 Å². The molecule has 2 aliphatic heterocycles. The van der Waals surface area contributed by atoms with Gasteiger partial charge in [0.05, 0.1) is 11.5 Å². The molecule has 0 spiro atoms. The van der Waals surface area contributed by atoms with Crippen LogP contribution in [0.15, 0.2) is 41.3 Å². The molecular weight excluding hydrogens is 400 g/mol. The molecule has 0 bridgehead atoms. The number of aryl methyl sites for hydroxylation is 1. The fourth-order valence-corrected chi connectivity index (χ4v) is 5.83. The highest BCUT2D eigenvalue weighted by atomic mass is 32.2. The van der Waals surface area contributed by atoms with Crippen molar-refractivity contribution < 1.29 is 17.9 Å². The summed E-state index contributed by atoms with van der Waals surface area (Å²) in [5.74, 6) is 0.704. The van der Waals surface area contributed by atoms with Crippen molar-refractivity contribution in [2.24, 2.45) is 0 Å². The van der Waals surface area contributed by atoms with E-state index in [9.17, 15) is 13.2 Å². The van der Waals surface area contributed by atoms with Gasteiger partial charge in [-0.3, -0.25) is 4.79 Å². The van der Waals surface area contributed by atoms with Crippen molar-refractivity contribution in [1.29, 1.82) is 0 Å². The van der Waals surface area contributed by atoms with Crippen LogP contribution in [-0.2, 0) is 16.4 Å². The molecule has 6 nitrogen and oxygen atoms in total. The number of hydrogen-bond acceptors (Lipinski definition) is 4. The van der Waals surface area contributed by atoms with E-state index in [0.717, 1.165) is 41.8 Å². The summed E-state index contributed by atoms with van der Waals surface area (Å²) in [5, 5.41) is 0. The van der Waals surface area contributed by atoms with E-state index in [1.807, 2.05) is 26.0 Å². The van der Waals surface area contributed by atoms with Crippen LogP contribution in [0, 0.1) is 6.92 Å². The van der Waals surface area contributed by atoms with Crippen molar-refractivity contribution in [3.63, 3.8) is 0 Å². The lowest BCUT2D eigenvalue weighted by atomic mass is 10.1. The van der Waals surface area contributed by atoms with Crippen molar-refractivity contribution in [3.05, 3.63) is 53.1 Å². The fraction of sp³-hybridized carbons (Fsp3) is 0.435. The quantitative estimate of drug-likeness (QED) is 0.727. The molecule has 0 aromatic heterocycles. The van der Waals surface area contributed by atoms with Crippen molar-refractivity contribution in [3.8, 4) is 5.75 Å². The zero-order valence-corrected chi connectivity index (χ0v) is 18.4. The second kappa shape index (κ2) is 8.40. The minimum absolute atomic E-state index is 0.0773. The molecular formula is C23H28N2O4S. The van der Waals surface area contributed by atoms with Gasteiger partial charge in [0.1, 0.15) is 5.75 Å². The number of nitrogens with zero attached hydrogens (tertiary/aromatic N) is 2. The first-order valence-corrected chi connectivity index (χ1v) is 12.0. The van der Waals surface area contributed by atoms with Crippen LogP contribution in [0.5, 0.6) is 5.75 Å². The smallest absolute Gasteiger partial charge is 0.258 e. The average Bonchev–Trinajstić information content (AvgIpc) is 3.18. The third kappa shape index (κ3) is 3.84. The number of ether oxygens (including phenoxy) is 1. The number of hydrogen-bond donors (Lipinski definition) is 0. The monoisotopic (exact) mass is 428 g/mol. The van der Waals surface area contributed by atoms with Gasteiger partial charge < -0.3 is 9.64 Å². The largest absolute Gasteiger partial charge is 0.494 e. The van der Waals surface area contributed by atoms with Gasteiger partial charge in [0.2, 0.25) is 10.0 Å². The summed E-state index contributed by atoms with van der Waals surface area (Å²) in [6.45, 7) is 6.16. The Morgan fingerprint density at radius 3 is 2.50 bits per heavy atom. The molecule has 0 saturated carbocycles. The highest BCUT2D eigenvalue weighted by Gasteiger charge is 2.30. The first-order chi connectivity index (χ1) is 14.4. The molecule has 0 aliphatic carbocycles. The number of benzene rings is 2. The summed E-state index contributed by atoms with van der Waals surface area (Å²) in [5.41, 5.74) is 3.23. The molecule has 30 heavy (non-hydrogen) atoms. The van der Waals surface area contributed by atoms with Crippen LogP contribution in [0.25, 0.3) is 0 Å². The molecule has 1 amide bonds. The number of piperidine rings is 1. The summed E-state index contributed by atoms with van der Waals surface area (Å²) >= 11 is 0. The molecule has 2 aromatic rings. The van der Waals surface area contributed by atoms with E-state index in [4.69, 9.17) is 4.74 Å². The van der Waals surface area contributed by atoms with E-state index in [1.165, 1.54) is 0 Å². The van der Waals surface area contributed by atoms with Gasteiger partial charge in [-0.05, 0) is 80.6 Å². The molecule has 2 aliphatic rings. The highest BCUT2D eigenvalue weighted by Crippen LogP contribution is 2.33. The summed E-state index contributed by atoms with van der Waals surface area (Å²) in [7, 11) is -3.47. The highest BCUT2D eigenvalue weighted by molar-refractivity contribution is 7.89. The fourth-order valence-electron chi connectivity index (χ4n) is 4.26. The number of fused-ring (bicyclic) bond motifs is 1. The Labute approximate surface area is 178 Å². The standard InChI is InChI=1S/C23H28N2O4S/c1-3-29-22-10-7-19(15-17(22)2)23(26)25-14-11-18-16-20(8-9-21(18)25)30(27,28)24-12-5-4-6-13-24/h7-10,15-16H,3-6,11-14H2,1-2H3. The van der Waals surface area contributed by atoms with Gasteiger partial charge in [-0.25, -0.2) is 8.42 Å². The molecule has 1 saturated heterocycles. The first-order valence-electron chi connectivity index (χ1n) is 10.6. The molecule has 160 valence electrons. The summed E-state index contributed by atoms with van der Waals surface area (Å²) < 4.78 is 33.1. The van der Waals surface area contributed by atoms with Crippen LogP contribution < -0.4 is 9.64 Å². The van der Waals surface area contributed by atoms with Gasteiger partial charge >= 0.3 is 0 Å². The number of carbonyl (C=O) groups is 1. The average molecular weight is 429 g/mol. The Kier molecular flexibility index (Phi) is 5.84. The van der Waals surface area contributed by atoms with Crippen LogP contribution in [0.3, 0.4) is 0 Å². The number of carbonyl (C=O) groups excluding carboxylic acids is 1. The Balaban J connectivity index is 1.58. The van der Waals surface area contributed by atoms with Crippen molar-refractivity contribution >= 4 is 21.6 Å². The van der Waals surface area contributed by atoms with E-state index in [1.54, 1.807) is 33.5 Å². The van der Waals surface area contributed by atoms with Crippen molar-refractivity contribution in [2.45, 2.75) is 44.4 Å². The number of rotatable bonds is 5. The van der Waals surface area contributed by atoms with E-state index >= 15 is 0 Å². The lowest BCUT2D eigenvalue weighted by Gasteiger charge is -2.26. The molecule has 7 heteroatoms. The Bertz CT molecular complexity index is 1060. The van der Waals surface area contributed by atoms with Crippen LogP contribution in [0.4, 0.5) is 5.69 Å². The topological polar surface area (TPSA) is 66.9 Å². The van der Waals surface area contributed by atoms with E-state index in [0.29, 0.717) is 43.1 Å². The maximum Gasteiger partial charge on any atom is 0.258 e. The number of anilines is 1. The summed E-state index contributed by atoms with van der Waals surface area (Å²) in [6.07, 6.45) is 3.56. The first kappa shape index (κ1) is 20.9. The predicted octanol–water partition coefficient (Wildman–Crippen LogP) is 3.77. The van der Waals surface area contributed by atoms with E-state index in [2.05, 4.69) is 0 Å². The third-order valence-corrected chi connectivity index (χ3v) is 7.76. The molecule has 0 atom stereocenters. The Morgan fingerprint density at radius 2 is 1.80 bits per heavy atom. The van der Waals surface area contributed by atoms with Gasteiger partial charge in [-0.15, -0.1) is 0 Å². The molecule has 4 rings (SSSR count). The molecule has 1 fully saturated rings. The molecule has 0 unspecified atom stereocenters. The van der Waals surface area contributed by atoms with Crippen LogP contribution in [0.1, 0.15) is 47.7 Å². The van der Waals surface area contributed by atoms with Crippen molar-refractivity contribution in [2.75, 3.05) is 31.1 Å². The van der Waals surface area contributed by atoms with E-state index < -0.39 is 10.0 Å². The maximum absolute atomic E-state index is 13.1. The summed E-state index contributed by atoms with van der Waals surface area (Å²) in [4.78, 5) is 15.2. The predicted molar refractivity (Wildman–Crippen MR) is 117 cm³/mol. The minimum atomic E-state index is -3.47. The van der Waals surface area contributed by atoms with Crippen molar-refractivity contribution in [1.82, 2.24) is 4.31 Å². The van der Waals surface area contributed by atoms with Gasteiger partial charge in [0.25, 0.3) is 5.91 Å². The van der Waals surface area contributed by atoms with Gasteiger partial charge in [0.15, 0.2) is 0 Å². The van der Waals surface area contributed by atoms with Crippen LogP contribution >= 0.6 is 0 Å². The zero-order valence-electron chi connectivity index (χ0n) is 17.6. The maximum atomic E-state index is 13.1. The lowest BCUT2D eigenvalue weighted by molar-refractivity contribution is 0.0989. The second-order valence-corrected chi connectivity index (χ2v) is 9.81. The molecule has 2 heterocycles. The Morgan fingerprint density at radius 1 is 1.03 bits per heavy atom. The van der Waals surface area contributed by atoms with Crippen LogP contribution in [0.2, 0.25) is 0 Å². The van der Waals surface area contributed by atoms with E-state index in [-0.39, 0.29) is 5.91 Å². The van der Waals surface area contributed by atoms with Gasteiger partial charge in [-0.2, -0.15) is 4.31 Å².